The molecule has 0 amide bonds. The van der Waals surface area contributed by atoms with Crippen molar-refractivity contribution in [1.82, 2.24) is 0 Å². The van der Waals surface area contributed by atoms with E-state index in [2.05, 4.69) is 35.1 Å². The van der Waals surface area contributed by atoms with Crippen LogP contribution in [0.5, 0.6) is 0 Å². The number of nitrogens with zero attached hydrogens (tertiary/aromatic N) is 2. The van der Waals surface area contributed by atoms with E-state index in [0.717, 1.165) is 15.8 Å². The zero-order valence-electron chi connectivity index (χ0n) is 14.0. The highest BCUT2D eigenvalue weighted by Gasteiger charge is 2.44. The molecule has 1 atom stereocenters. The highest BCUT2D eigenvalue weighted by Crippen LogP contribution is 2.49. The first-order valence-corrected chi connectivity index (χ1v) is 8.36. The summed E-state index contributed by atoms with van der Waals surface area (Å²) in [4.78, 5) is 0. The molecule has 2 heteroatoms. The van der Waals surface area contributed by atoms with Crippen molar-refractivity contribution in [2.75, 3.05) is 54.4 Å². The van der Waals surface area contributed by atoms with Crippen LogP contribution < -0.4 is 0 Å². The van der Waals surface area contributed by atoms with Gasteiger partial charge in [0.15, 0.2) is 0 Å². The van der Waals surface area contributed by atoms with Crippen molar-refractivity contribution in [2.24, 2.45) is 11.3 Å². The van der Waals surface area contributed by atoms with Gasteiger partial charge in [0.05, 0.1) is 54.4 Å². The van der Waals surface area contributed by atoms with E-state index in [1.54, 1.807) is 0 Å². The Bertz CT molecular complexity index is 295. The third-order valence-corrected chi connectivity index (χ3v) is 5.84. The molecule has 0 bridgehead atoms. The summed E-state index contributed by atoms with van der Waals surface area (Å²) in [5.74, 6) is 0.995. The highest BCUT2D eigenvalue weighted by molar-refractivity contribution is 4.89. The van der Waals surface area contributed by atoms with E-state index in [4.69, 9.17) is 0 Å². The zero-order valence-corrected chi connectivity index (χ0v) is 14.0. The zero-order chi connectivity index (χ0) is 14.1. The molecule has 0 aromatic heterocycles. The molecule has 0 aromatic carbocycles. The van der Waals surface area contributed by atoms with Gasteiger partial charge in [-0.25, -0.2) is 0 Å². The van der Waals surface area contributed by atoms with Crippen molar-refractivity contribution in [3.63, 3.8) is 0 Å². The Balaban J connectivity index is 1.78. The first-order chi connectivity index (χ1) is 8.72. The Labute approximate surface area is 121 Å². The molecule has 2 aliphatic rings. The standard InChI is InChI=1S/C17H36N2/c1-16-7-8-17(15-16)9-13-19(5,14-10-17)12-6-11-18(2,3)4/h16H,6-15H2,1-5H3/q+2. The molecule has 2 rings (SSSR count). The lowest BCUT2D eigenvalue weighted by Gasteiger charge is -2.45. The van der Waals surface area contributed by atoms with Gasteiger partial charge in [-0.2, -0.15) is 0 Å². The van der Waals surface area contributed by atoms with Gasteiger partial charge >= 0.3 is 0 Å². The highest BCUT2D eigenvalue weighted by atomic mass is 15.3. The summed E-state index contributed by atoms with van der Waals surface area (Å²) >= 11 is 0. The number of rotatable bonds is 4. The lowest BCUT2D eigenvalue weighted by atomic mass is 9.75. The van der Waals surface area contributed by atoms with Crippen molar-refractivity contribution in [1.29, 1.82) is 0 Å². The van der Waals surface area contributed by atoms with Crippen molar-refractivity contribution >= 4 is 0 Å². The predicted molar refractivity (Wildman–Crippen MR) is 83.0 cm³/mol. The summed E-state index contributed by atoms with van der Waals surface area (Å²) in [6.45, 7) is 8.03. The molecule has 1 aliphatic carbocycles. The molecule has 1 spiro atoms. The van der Waals surface area contributed by atoms with Crippen LogP contribution in [0.2, 0.25) is 0 Å². The van der Waals surface area contributed by atoms with Gasteiger partial charge in [-0.15, -0.1) is 0 Å². The second kappa shape index (κ2) is 5.37. The lowest BCUT2D eigenvalue weighted by Crippen LogP contribution is -2.53. The summed E-state index contributed by atoms with van der Waals surface area (Å²) in [7, 11) is 9.43. The fraction of sp³-hybridized carbons (Fsp3) is 1.00. The molecule has 0 aromatic rings. The van der Waals surface area contributed by atoms with Crippen LogP contribution in [-0.2, 0) is 0 Å². The Hall–Kier alpha value is -0.0800. The second-order valence-corrected chi connectivity index (χ2v) is 9.01. The molecule has 112 valence electrons. The maximum Gasteiger partial charge on any atom is 0.0838 e. The first kappa shape index (κ1) is 15.3. The third kappa shape index (κ3) is 4.19. The predicted octanol–water partition coefficient (Wildman–Crippen LogP) is 3.13. The Morgan fingerprint density at radius 1 is 1.11 bits per heavy atom. The fourth-order valence-electron chi connectivity index (χ4n) is 4.35. The number of piperidine rings is 1. The lowest BCUT2D eigenvalue weighted by molar-refractivity contribution is -0.923. The van der Waals surface area contributed by atoms with Gasteiger partial charge in [0, 0.05) is 19.3 Å². The summed E-state index contributed by atoms with van der Waals surface area (Å²) < 4.78 is 2.46. The summed E-state index contributed by atoms with van der Waals surface area (Å²) in [5, 5.41) is 0. The molecule has 0 radical (unpaired) electrons. The van der Waals surface area contributed by atoms with Crippen LogP contribution in [0.4, 0.5) is 0 Å². The number of quaternary nitrogens is 2. The van der Waals surface area contributed by atoms with Crippen molar-refractivity contribution in [3.8, 4) is 0 Å². The van der Waals surface area contributed by atoms with E-state index in [9.17, 15) is 0 Å². The average Bonchev–Trinajstić information content (AvgIpc) is 2.64. The fourth-order valence-corrected chi connectivity index (χ4v) is 4.35. The topological polar surface area (TPSA) is 0 Å². The molecule has 1 unspecified atom stereocenters. The van der Waals surface area contributed by atoms with Crippen LogP contribution in [-0.4, -0.2) is 63.3 Å². The van der Waals surface area contributed by atoms with Gasteiger partial charge in [-0.1, -0.05) is 13.3 Å². The summed E-state index contributed by atoms with van der Waals surface area (Å²) in [5.41, 5.74) is 0.761. The van der Waals surface area contributed by atoms with Crippen LogP contribution in [0.3, 0.4) is 0 Å². The molecule has 0 N–H and O–H groups in total. The van der Waals surface area contributed by atoms with Crippen LogP contribution in [0.25, 0.3) is 0 Å². The van der Waals surface area contributed by atoms with Crippen LogP contribution >= 0.6 is 0 Å². The monoisotopic (exact) mass is 268 g/mol. The van der Waals surface area contributed by atoms with E-state index in [0.29, 0.717) is 0 Å². The van der Waals surface area contributed by atoms with E-state index < -0.39 is 0 Å². The summed E-state index contributed by atoms with van der Waals surface area (Å²) in [6, 6.07) is 0. The average molecular weight is 268 g/mol. The van der Waals surface area contributed by atoms with Crippen molar-refractivity contribution in [3.05, 3.63) is 0 Å². The van der Waals surface area contributed by atoms with Crippen LogP contribution in [0.1, 0.15) is 45.4 Å². The number of hydrogen-bond donors (Lipinski definition) is 0. The van der Waals surface area contributed by atoms with Crippen LogP contribution in [0, 0.1) is 11.3 Å². The molecule has 1 saturated heterocycles. The minimum absolute atomic E-state index is 0.761. The van der Waals surface area contributed by atoms with Crippen molar-refractivity contribution in [2.45, 2.75) is 45.4 Å². The molecule has 2 fully saturated rings. The van der Waals surface area contributed by atoms with Gasteiger partial charge in [0.2, 0.25) is 0 Å². The Morgan fingerprint density at radius 3 is 2.21 bits per heavy atom. The Morgan fingerprint density at radius 2 is 1.74 bits per heavy atom. The van der Waals surface area contributed by atoms with E-state index in [1.807, 2.05) is 0 Å². The second-order valence-electron chi connectivity index (χ2n) is 9.01. The molecule has 2 nitrogen and oxygen atoms in total. The first-order valence-electron chi connectivity index (χ1n) is 8.36. The minimum Gasteiger partial charge on any atom is -0.331 e. The molecule has 19 heavy (non-hydrogen) atoms. The molecule has 1 heterocycles. The Kier molecular flexibility index (Phi) is 4.32. The van der Waals surface area contributed by atoms with Gasteiger partial charge < -0.3 is 8.97 Å². The van der Waals surface area contributed by atoms with Crippen molar-refractivity contribution < 1.29 is 8.97 Å². The molecule has 1 saturated carbocycles. The van der Waals surface area contributed by atoms with Crippen LogP contribution in [0.15, 0.2) is 0 Å². The van der Waals surface area contributed by atoms with E-state index in [1.165, 1.54) is 69.2 Å². The van der Waals surface area contributed by atoms with Gasteiger partial charge in [-0.05, 0) is 24.2 Å². The quantitative estimate of drug-likeness (QED) is 0.687. The largest absolute Gasteiger partial charge is 0.331 e. The summed E-state index contributed by atoms with van der Waals surface area (Å²) in [6.07, 6.45) is 8.91. The van der Waals surface area contributed by atoms with Gasteiger partial charge in [-0.3, -0.25) is 0 Å². The molecule has 1 aliphatic heterocycles. The smallest absolute Gasteiger partial charge is 0.0838 e. The number of hydrogen-bond acceptors (Lipinski definition) is 0. The van der Waals surface area contributed by atoms with E-state index >= 15 is 0 Å². The maximum atomic E-state index is 2.50. The third-order valence-electron chi connectivity index (χ3n) is 5.84. The van der Waals surface area contributed by atoms with Gasteiger partial charge in [0.1, 0.15) is 0 Å². The molecular weight excluding hydrogens is 232 g/mol. The van der Waals surface area contributed by atoms with E-state index in [-0.39, 0.29) is 0 Å². The van der Waals surface area contributed by atoms with Gasteiger partial charge in [0.25, 0.3) is 0 Å². The molecular formula is C17H36N2+2. The normalized spacial score (nSPS) is 39.9. The maximum absolute atomic E-state index is 2.50. The SMILES string of the molecule is CC1CCC2(CC[N+](C)(CCC[N+](C)(C)C)CC2)C1. The minimum atomic E-state index is 0.761. The number of likely N-dealkylation sites (tertiary alicyclic amines) is 1.